The molecule has 3 rings (SSSR count). The molecule has 6 nitrogen and oxygen atoms in total. The van der Waals surface area contributed by atoms with Gasteiger partial charge in [0.2, 0.25) is 0 Å². The number of benzene rings is 3. The van der Waals surface area contributed by atoms with Gasteiger partial charge in [0, 0.05) is 10.6 Å². The van der Waals surface area contributed by atoms with Crippen molar-refractivity contribution in [2.24, 2.45) is 0 Å². The van der Waals surface area contributed by atoms with E-state index in [-0.39, 0.29) is 33.4 Å². The second-order valence-corrected chi connectivity index (χ2v) is 8.26. The van der Waals surface area contributed by atoms with Gasteiger partial charge in [-0.05, 0) is 25.4 Å². The summed E-state index contributed by atoms with van der Waals surface area (Å²) in [6.45, 7) is 0. The second-order valence-electron chi connectivity index (χ2n) is 6.11. The van der Waals surface area contributed by atoms with E-state index < -0.39 is 7.92 Å². The summed E-state index contributed by atoms with van der Waals surface area (Å²) in [5.74, 6) is 0. The fourth-order valence-corrected chi connectivity index (χ4v) is 5.69. The molecule has 0 atom stereocenters. The molecule has 7 heteroatoms. The lowest BCUT2D eigenvalue weighted by Crippen LogP contribution is -2.26. The number of nitriles is 6. The van der Waals surface area contributed by atoms with Crippen LogP contribution in [0.1, 0.15) is 33.4 Å². The minimum atomic E-state index is -1.54. The standard InChI is InChI=1S/C24H9N6P/c25-10-16-6-8-23(21(14-29)19(16)12-27)31(18-4-2-1-3-5-18)24-9-7-17(11-26)20(13-28)22(24)15-30/h1-9H. The first-order chi connectivity index (χ1) is 15.1. The molecule has 0 bridgehead atoms. The summed E-state index contributed by atoms with van der Waals surface area (Å²) in [5.41, 5.74) is 0.233. The summed E-state index contributed by atoms with van der Waals surface area (Å²) in [7, 11) is -1.54. The summed E-state index contributed by atoms with van der Waals surface area (Å²) in [4.78, 5) is 0. The van der Waals surface area contributed by atoms with Crippen LogP contribution in [0.15, 0.2) is 54.6 Å². The van der Waals surface area contributed by atoms with E-state index in [1.807, 2.05) is 66.7 Å². The molecule has 0 saturated heterocycles. The maximum Gasteiger partial charge on any atom is 0.102 e. The van der Waals surface area contributed by atoms with Crippen LogP contribution in [0.3, 0.4) is 0 Å². The van der Waals surface area contributed by atoms with E-state index in [0.29, 0.717) is 10.6 Å². The van der Waals surface area contributed by atoms with Gasteiger partial charge in [-0.15, -0.1) is 0 Å². The summed E-state index contributed by atoms with van der Waals surface area (Å²) in [6, 6.07) is 27.1. The Morgan fingerprint density at radius 2 is 0.871 bits per heavy atom. The summed E-state index contributed by atoms with van der Waals surface area (Å²) < 4.78 is 0. The molecule has 0 fully saturated rings. The van der Waals surface area contributed by atoms with Crippen LogP contribution in [-0.2, 0) is 0 Å². The zero-order valence-corrected chi connectivity index (χ0v) is 16.7. The van der Waals surface area contributed by atoms with E-state index in [2.05, 4.69) is 0 Å². The van der Waals surface area contributed by atoms with Crippen LogP contribution in [0.25, 0.3) is 0 Å². The second kappa shape index (κ2) is 9.02. The van der Waals surface area contributed by atoms with Gasteiger partial charge in [-0.2, -0.15) is 31.6 Å². The topological polar surface area (TPSA) is 143 Å². The molecule has 0 aromatic heterocycles. The Balaban J connectivity index is 2.47. The van der Waals surface area contributed by atoms with Gasteiger partial charge >= 0.3 is 0 Å². The van der Waals surface area contributed by atoms with Crippen molar-refractivity contribution in [3.05, 3.63) is 88.0 Å². The van der Waals surface area contributed by atoms with Crippen LogP contribution >= 0.6 is 7.92 Å². The molecule has 0 saturated carbocycles. The molecule has 0 spiro atoms. The molecule has 0 aliphatic heterocycles. The molecule has 31 heavy (non-hydrogen) atoms. The molecule has 0 aliphatic carbocycles. The number of hydrogen-bond donors (Lipinski definition) is 0. The van der Waals surface area contributed by atoms with Gasteiger partial charge in [0.05, 0.1) is 33.4 Å². The third kappa shape index (κ3) is 3.56. The molecule has 0 amide bonds. The first-order valence-electron chi connectivity index (χ1n) is 8.74. The van der Waals surface area contributed by atoms with Crippen molar-refractivity contribution < 1.29 is 0 Å². The Kier molecular flexibility index (Phi) is 6.04. The first kappa shape index (κ1) is 20.8. The minimum absolute atomic E-state index is 0.0291. The molecule has 0 aliphatic rings. The van der Waals surface area contributed by atoms with Crippen LogP contribution in [0, 0.1) is 68.0 Å². The SMILES string of the molecule is N#Cc1ccc(P(c2ccccc2)c2ccc(C#N)c(C#N)c2C#N)c(C#N)c1C#N. The zero-order chi connectivity index (χ0) is 22.4. The maximum atomic E-state index is 9.84. The number of rotatable bonds is 3. The normalized spacial score (nSPS) is 9.39. The minimum Gasteiger partial charge on any atom is -0.192 e. The average molecular weight is 412 g/mol. The summed E-state index contributed by atoms with van der Waals surface area (Å²) >= 11 is 0. The van der Waals surface area contributed by atoms with E-state index in [0.717, 1.165) is 5.30 Å². The van der Waals surface area contributed by atoms with Crippen molar-refractivity contribution >= 4 is 23.8 Å². The predicted octanol–water partition coefficient (Wildman–Crippen LogP) is 2.67. The van der Waals surface area contributed by atoms with E-state index >= 15 is 0 Å². The lowest BCUT2D eigenvalue weighted by atomic mass is 10.0. The van der Waals surface area contributed by atoms with Crippen molar-refractivity contribution in [3.8, 4) is 36.4 Å². The Labute approximate surface area is 180 Å². The van der Waals surface area contributed by atoms with Gasteiger partial charge in [-0.3, -0.25) is 0 Å². The number of nitrogens with zero attached hydrogens (tertiary/aromatic N) is 6. The molecule has 0 unspecified atom stereocenters. The van der Waals surface area contributed by atoms with Gasteiger partial charge in [0.1, 0.15) is 36.4 Å². The van der Waals surface area contributed by atoms with E-state index in [9.17, 15) is 31.6 Å². The fourth-order valence-electron chi connectivity index (χ4n) is 3.19. The molecule has 3 aromatic carbocycles. The molecular weight excluding hydrogens is 403 g/mol. The highest BCUT2D eigenvalue weighted by Crippen LogP contribution is 2.37. The average Bonchev–Trinajstić information content (AvgIpc) is 2.83. The van der Waals surface area contributed by atoms with Gasteiger partial charge in [0.25, 0.3) is 0 Å². The van der Waals surface area contributed by atoms with Gasteiger partial charge in [-0.1, -0.05) is 42.5 Å². The molecule has 0 radical (unpaired) electrons. The van der Waals surface area contributed by atoms with Crippen LogP contribution in [0.2, 0.25) is 0 Å². The molecule has 0 N–H and O–H groups in total. The Morgan fingerprint density at radius 1 is 0.452 bits per heavy atom. The third-order valence-electron chi connectivity index (χ3n) is 4.55. The van der Waals surface area contributed by atoms with Crippen molar-refractivity contribution in [2.75, 3.05) is 0 Å². The highest BCUT2D eigenvalue weighted by molar-refractivity contribution is 7.80. The smallest absolute Gasteiger partial charge is 0.102 e. The summed E-state index contributed by atoms with van der Waals surface area (Å²) in [6.07, 6.45) is 0. The van der Waals surface area contributed by atoms with Crippen LogP contribution in [0.5, 0.6) is 0 Å². The van der Waals surface area contributed by atoms with Crippen molar-refractivity contribution in [1.82, 2.24) is 0 Å². The largest absolute Gasteiger partial charge is 0.192 e. The zero-order valence-electron chi connectivity index (χ0n) is 15.8. The predicted molar refractivity (Wildman–Crippen MR) is 113 cm³/mol. The van der Waals surface area contributed by atoms with Gasteiger partial charge < -0.3 is 0 Å². The monoisotopic (exact) mass is 412 g/mol. The molecule has 3 aromatic rings. The van der Waals surface area contributed by atoms with Crippen LogP contribution in [-0.4, -0.2) is 0 Å². The fraction of sp³-hybridized carbons (Fsp3) is 0. The highest BCUT2D eigenvalue weighted by atomic mass is 31.1. The van der Waals surface area contributed by atoms with Crippen LogP contribution in [0.4, 0.5) is 0 Å². The van der Waals surface area contributed by atoms with E-state index in [1.165, 1.54) is 12.1 Å². The lowest BCUT2D eigenvalue weighted by Gasteiger charge is -2.22. The molecular formula is C24H9N6P. The molecule has 0 heterocycles. The van der Waals surface area contributed by atoms with Crippen molar-refractivity contribution in [1.29, 1.82) is 31.6 Å². The quantitative estimate of drug-likeness (QED) is 0.605. The Bertz CT molecular complexity index is 1360. The number of hydrogen-bond acceptors (Lipinski definition) is 6. The van der Waals surface area contributed by atoms with Gasteiger partial charge in [-0.25, -0.2) is 0 Å². The first-order valence-corrected chi connectivity index (χ1v) is 10.1. The van der Waals surface area contributed by atoms with Crippen molar-refractivity contribution in [2.45, 2.75) is 0 Å². The van der Waals surface area contributed by atoms with Crippen LogP contribution < -0.4 is 15.9 Å². The van der Waals surface area contributed by atoms with E-state index in [4.69, 9.17) is 0 Å². The highest BCUT2D eigenvalue weighted by Gasteiger charge is 2.27. The third-order valence-corrected chi connectivity index (χ3v) is 7.07. The maximum absolute atomic E-state index is 9.84. The van der Waals surface area contributed by atoms with Crippen molar-refractivity contribution in [3.63, 3.8) is 0 Å². The Morgan fingerprint density at radius 3 is 1.23 bits per heavy atom. The summed E-state index contributed by atoms with van der Waals surface area (Å²) in [5, 5.41) is 59.3. The Hall–Kier alpha value is -4.97. The van der Waals surface area contributed by atoms with E-state index in [1.54, 1.807) is 12.1 Å². The molecule has 140 valence electrons. The van der Waals surface area contributed by atoms with Gasteiger partial charge in [0.15, 0.2) is 0 Å². The lowest BCUT2D eigenvalue weighted by molar-refractivity contribution is 1.40.